The summed E-state index contributed by atoms with van der Waals surface area (Å²) in [7, 11) is 0. The van der Waals surface area contributed by atoms with E-state index in [1.165, 1.54) is 6.92 Å². The molecule has 0 bridgehead atoms. The molecule has 0 unspecified atom stereocenters. The normalized spacial score (nSPS) is 10.3. The van der Waals surface area contributed by atoms with Gasteiger partial charge in [0.15, 0.2) is 0 Å². The van der Waals surface area contributed by atoms with Gasteiger partial charge in [-0.05, 0) is 12.0 Å². The van der Waals surface area contributed by atoms with Gasteiger partial charge in [-0.25, -0.2) is 0 Å². The molecule has 1 rings (SSSR count). The monoisotopic (exact) mass is 207 g/mol. The van der Waals surface area contributed by atoms with E-state index >= 15 is 0 Å². The second kappa shape index (κ2) is 6.19. The first-order valence-electron chi connectivity index (χ1n) is 5.19. The summed E-state index contributed by atoms with van der Waals surface area (Å²) in [6, 6.07) is 9.97. The molecule has 3 heteroatoms. The quantitative estimate of drug-likeness (QED) is 0.694. The number of carbonyl (C=O) groups excluding carboxylic acids is 1. The highest BCUT2D eigenvalue weighted by atomic mass is 16.7. The molecule has 0 heterocycles. The summed E-state index contributed by atoms with van der Waals surface area (Å²) in [4.78, 5) is 15.9. The van der Waals surface area contributed by atoms with Gasteiger partial charge in [0.1, 0.15) is 0 Å². The predicted octanol–water partition coefficient (Wildman–Crippen LogP) is 2.38. The molecule has 0 aliphatic heterocycles. The summed E-state index contributed by atoms with van der Waals surface area (Å²) in [5, 5.41) is 1.69. The predicted molar refractivity (Wildman–Crippen MR) is 58.9 cm³/mol. The van der Waals surface area contributed by atoms with E-state index in [1.807, 2.05) is 30.3 Å². The molecule has 1 aromatic rings. The Morgan fingerprint density at radius 3 is 2.53 bits per heavy atom. The first-order chi connectivity index (χ1) is 7.22. The van der Waals surface area contributed by atoms with E-state index in [9.17, 15) is 4.79 Å². The molecule has 0 aliphatic rings. The Morgan fingerprint density at radius 2 is 2.00 bits per heavy atom. The molecule has 1 aromatic carbocycles. The number of hydroxylamine groups is 2. The molecule has 0 spiro atoms. The molecular weight excluding hydrogens is 190 g/mol. The third kappa shape index (κ3) is 4.61. The molecule has 0 N–H and O–H groups in total. The smallest absolute Gasteiger partial charge is 0.322 e. The van der Waals surface area contributed by atoms with Crippen LogP contribution in [0.25, 0.3) is 0 Å². The lowest BCUT2D eigenvalue weighted by atomic mass is 10.2. The molecule has 82 valence electrons. The van der Waals surface area contributed by atoms with Gasteiger partial charge in [-0.1, -0.05) is 37.3 Å². The molecule has 0 aliphatic carbocycles. The van der Waals surface area contributed by atoms with Gasteiger partial charge in [-0.2, -0.15) is 0 Å². The van der Waals surface area contributed by atoms with Gasteiger partial charge in [0.2, 0.25) is 0 Å². The minimum atomic E-state index is -0.264. The Kier molecular flexibility index (Phi) is 4.84. The molecule has 15 heavy (non-hydrogen) atoms. The molecule has 0 aromatic heterocycles. The van der Waals surface area contributed by atoms with Crippen LogP contribution in [0.1, 0.15) is 25.8 Å². The van der Waals surface area contributed by atoms with Crippen molar-refractivity contribution in [2.24, 2.45) is 0 Å². The maximum absolute atomic E-state index is 10.9. The maximum Gasteiger partial charge on any atom is 0.322 e. The van der Waals surface area contributed by atoms with Gasteiger partial charge in [-0.3, -0.25) is 4.79 Å². The first-order valence-corrected chi connectivity index (χ1v) is 5.19. The topological polar surface area (TPSA) is 29.5 Å². The van der Waals surface area contributed by atoms with Gasteiger partial charge in [0, 0.05) is 13.5 Å². The van der Waals surface area contributed by atoms with E-state index < -0.39 is 0 Å². The third-order valence-corrected chi connectivity index (χ3v) is 1.93. The van der Waals surface area contributed by atoms with Crippen molar-refractivity contribution in [2.45, 2.75) is 26.8 Å². The summed E-state index contributed by atoms with van der Waals surface area (Å²) in [5.41, 5.74) is 1.15. The highest BCUT2D eigenvalue weighted by Gasteiger charge is 2.07. The van der Waals surface area contributed by atoms with Crippen LogP contribution in [0.15, 0.2) is 30.3 Å². The summed E-state index contributed by atoms with van der Waals surface area (Å²) < 4.78 is 0. The van der Waals surface area contributed by atoms with Gasteiger partial charge in [0.05, 0.1) is 6.54 Å². The second-order valence-electron chi connectivity index (χ2n) is 3.43. The van der Waals surface area contributed by atoms with Crippen molar-refractivity contribution >= 4 is 5.97 Å². The van der Waals surface area contributed by atoms with Crippen molar-refractivity contribution in [3.8, 4) is 0 Å². The van der Waals surface area contributed by atoms with Crippen LogP contribution in [0.4, 0.5) is 0 Å². The van der Waals surface area contributed by atoms with Crippen LogP contribution >= 0.6 is 0 Å². The van der Waals surface area contributed by atoms with Gasteiger partial charge in [-0.15, -0.1) is 5.06 Å². The fourth-order valence-corrected chi connectivity index (χ4v) is 1.38. The molecule has 0 radical (unpaired) electrons. The van der Waals surface area contributed by atoms with Crippen molar-refractivity contribution in [1.29, 1.82) is 0 Å². The lowest BCUT2D eigenvalue weighted by Crippen LogP contribution is -2.26. The average molecular weight is 207 g/mol. The number of benzene rings is 1. The summed E-state index contributed by atoms with van der Waals surface area (Å²) in [6.07, 6.45) is 0.958. The van der Waals surface area contributed by atoms with E-state index in [0.29, 0.717) is 6.54 Å². The zero-order valence-electron chi connectivity index (χ0n) is 9.27. The van der Waals surface area contributed by atoms with Crippen LogP contribution in [0.5, 0.6) is 0 Å². The minimum absolute atomic E-state index is 0.264. The standard InChI is InChI=1S/C12H17NO2/c1-3-9-13(15-11(2)14)10-12-7-5-4-6-8-12/h4-8H,3,9-10H2,1-2H3. The highest BCUT2D eigenvalue weighted by Crippen LogP contribution is 2.05. The van der Waals surface area contributed by atoms with Crippen LogP contribution in [0, 0.1) is 0 Å². The second-order valence-corrected chi connectivity index (χ2v) is 3.43. The zero-order valence-corrected chi connectivity index (χ0v) is 9.27. The first kappa shape index (κ1) is 11.7. The highest BCUT2D eigenvalue weighted by molar-refractivity contribution is 5.65. The van der Waals surface area contributed by atoms with Crippen LogP contribution < -0.4 is 0 Å². The van der Waals surface area contributed by atoms with Crippen LogP contribution in [-0.4, -0.2) is 17.6 Å². The summed E-state index contributed by atoms with van der Waals surface area (Å²) in [5.74, 6) is -0.264. The van der Waals surface area contributed by atoms with Crippen molar-refractivity contribution in [1.82, 2.24) is 5.06 Å². The number of carbonyl (C=O) groups is 1. The molecular formula is C12H17NO2. The SMILES string of the molecule is CCCN(Cc1ccccc1)OC(C)=O. The number of hydrogen-bond acceptors (Lipinski definition) is 3. The van der Waals surface area contributed by atoms with Gasteiger partial charge in [0.25, 0.3) is 0 Å². The molecule has 0 fully saturated rings. The van der Waals surface area contributed by atoms with E-state index in [1.54, 1.807) is 5.06 Å². The van der Waals surface area contributed by atoms with Crippen molar-refractivity contribution < 1.29 is 9.63 Å². The largest absolute Gasteiger partial charge is 0.368 e. The molecule has 3 nitrogen and oxygen atoms in total. The lowest BCUT2D eigenvalue weighted by Gasteiger charge is -2.19. The Bertz CT molecular complexity index is 298. The molecule has 0 saturated carbocycles. The van der Waals surface area contributed by atoms with Crippen molar-refractivity contribution in [3.05, 3.63) is 35.9 Å². The number of hydrogen-bond donors (Lipinski definition) is 0. The van der Waals surface area contributed by atoms with E-state index in [-0.39, 0.29) is 5.97 Å². The Hall–Kier alpha value is -1.35. The molecule has 0 saturated heterocycles. The van der Waals surface area contributed by atoms with Gasteiger partial charge < -0.3 is 4.84 Å². The Labute approximate surface area is 90.6 Å². The van der Waals surface area contributed by atoms with Gasteiger partial charge >= 0.3 is 5.97 Å². The third-order valence-electron chi connectivity index (χ3n) is 1.93. The number of rotatable bonds is 5. The maximum atomic E-state index is 10.9. The molecule has 0 amide bonds. The van der Waals surface area contributed by atoms with E-state index in [4.69, 9.17) is 4.84 Å². The summed E-state index contributed by atoms with van der Waals surface area (Å²) >= 11 is 0. The minimum Gasteiger partial charge on any atom is -0.368 e. The van der Waals surface area contributed by atoms with Crippen LogP contribution in [0.3, 0.4) is 0 Å². The van der Waals surface area contributed by atoms with Crippen LogP contribution in [-0.2, 0) is 16.2 Å². The fraction of sp³-hybridized carbons (Fsp3) is 0.417. The number of nitrogens with zero attached hydrogens (tertiary/aromatic N) is 1. The van der Waals surface area contributed by atoms with Crippen LogP contribution in [0.2, 0.25) is 0 Å². The summed E-state index contributed by atoms with van der Waals surface area (Å²) in [6.45, 7) is 4.89. The lowest BCUT2D eigenvalue weighted by molar-refractivity contribution is -0.190. The van der Waals surface area contributed by atoms with Crippen molar-refractivity contribution in [2.75, 3.05) is 6.54 Å². The van der Waals surface area contributed by atoms with Crippen molar-refractivity contribution in [3.63, 3.8) is 0 Å². The van der Waals surface area contributed by atoms with E-state index in [0.717, 1.165) is 18.5 Å². The Morgan fingerprint density at radius 1 is 1.33 bits per heavy atom. The average Bonchev–Trinajstić information content (AvgIpc) is 2.18. The fourth-order valence-electron chi connectivity index (χ4n) is 1.38. The van der Waals surface area contributed by atoms with E-state index in [2.05, 4.69) is 6.92 Å². The zero-order chi connectivity index (χ0) is 11.1. The Balaban J connectivity index is 2.54. The molecule has 0 atom stereocenters.